The molecule has 2 aromatic rings. The molecular weight excluding hydrogens is 426 g/mol. The first-order valence-electron chi connectivity index (χ1n) is 8.88. The fourth-order valence-electron chi connectivity index (χ4n) is 2.15. The summed E-state index contributed by atoms with van der Waals surface area (Å²) in [5.41, 5.74) is -1.20. The Bertz CT molecular complexity index is 991. The minimum absolute atomic E-state index is 0.0186. The molecule has 2 rings (SSSR count). The Morgan fingerprint density at radius 1 is 0.688 bits per heavy atom. The molecule has 0 aromatic heterocycles. The first kappa shape index (κ1) is 25.6. The molecule has 0 aliphatic rings. The normalized spacial score (nSPS) is 10.2. The Morgan fingerprint density at radius 3 is 1.41 bits per heavy atom. The van der Waals surface area contributed by atoms with E-state index in [-0.39, 0.29) is 27.9 Å². The molecule has 0 aliphatic carbocycles. The first-order valence-corrected chi connectivity index (χ1v) is 8.88. The van der Waals surface area contributed by atoms with Crippen molar-refractivity contribution in [3.05, 3.63) is 64.7 Å². The molecule has 0 radical (unpaired) electrons. The van der Waals surface area contributed by atoms with Crippen molar-refractivity contribution in [2.45, 2.75) is 26.4 Å². The Hall–Kier alpha value is -4.41. The highest BCUT2D eigenvalue weighted by atomic mass is 16.6. The summed E-state index contributed by atoms with van der Waals surface area (Å²) >= 11 is 0. The van der Waals surface area contributed by atoms with E-state index in [0.29, 0.717) is 0 Å². The van der Waals surface area contributed by atoms with Crippen molar-refractivity contribution in [1.82, 2.24) is 0 Å². The van der Waals surface area contributed by atoms with E-state index in [4.69, 9.17) is 25.2 Å². The van der Waals surface area contributed by atoms with Gasteiger partial charge < -0.3 is 25.2 Å². The van der Waals surface area contributed by atoms with Crippen LogP contribution in [-0.4, -0.2) is 56.0 Å². The van der Waals surface area contributed by atoms with Gasteiger partial charge in [-0.1, -0.05) is 6.07 Å². The smallest absolute Gasteiger partial charge is 0.412 e. The largest absolute Gasteiger partial charge is 0.478 e. The van der Waals surface area contributed by atoms with Crippen LogP contribution in [0.25, 0.3) is 0 Å². The Kier molecular flexibility index (Phi) is 8.46. The van der Waals surface area contributed by atoms with Gasteiger partial charge in [-0.05, 0) is 57.2 Å². The summed E-state index contributed by atoms with van der Waals surface area (Å²) in [4.78, 5) is 54.1. The minimum atomic E-state index is -1.29. The molecule has 5 N–H and O–H groups in total. The maximum absolute atomic E-state index is 11.6. The third kappa shape index (κ3) is 8.53. The number of aromatic carboxylic acids is 4. The summed E-state index contributed by atoms with van der Waals surface area (Å²) in [5, 5.41) is 37.1. The van der Waals surface area contributed by atoms with Gasteiger partial charge in [0.15, 0.2) is 0 Å². The van der Waals surface area contributed by atoms with Crippen LogP contribution in [0.2, 0.25) is 0 Å². The minimum Gasteiger partial charge on any atom is -0.478 e. The second-order valence-corrected chi connectivity index (χ2v) is 7.23. The van der Waals surface area contributed by atoms with Crippen molar-refractivity contribution in [2.24, 2.45) is 0 Å². The molecule has 1 amide bonds. The standard InChI is InChI=1S/C13H15NO6.C8H6O4/c1-13(2,3)20-12(19)14-9-5-7(10(15)16)4-8(6-9)11(17)18;9-7(10)5-2-1-3-6(4-5)8(11)12/h4-6H,1-3H3,(H,14,19)(H,15,16)(H,17,18);1-4H,(H,9,10)(H,11,12). The van der Waals surface area contributed by atoms with Gasteiger partial charge in [0, 0.05) is 5.69 Å². The quantitative estimate of drug-likeness (QED) is 0.454. The van der Waals surface area contributed by atoms with E-state index >= 15 is 0 Å². The summed E-state index contributed by atoms with van der Waals surface area (Å²) in [6, 6.07) is 8.50. The number of carboxylic acid groups (broad SMARTS) is 4. The van der Waals surface area contributed by atoms with Crippen LogP contribution in [0.4, 0.5) is 10.5 Å². The highest BCUT2D eigenvalue weighted by Gasteiger charge is 2.18. The topological polar surface area (TPSA) is 188 Å². The number of carbonyl (C=O) groups excluding carboxylic acids is 1. The van der Waals surface area contributed by atoms with Crippen molar-refractivity contribution >= 4 is 35.7 Å². The van der Waals surface area contributed by atoms with Gasteiger partial charge in [0.25, 0.3) is 0 Å². The molecule has 0 saturated heterocycles. The van der Waals surface area contributed by atoms with Crippen molar-refractivity contribution in [3.8, 4) is 0 Å². The van der Waals surface area contributed by atoms with Crippen molar-refractivity contribution < 1.29 is 49.1 Å². The fourth-order valence-corrected chi connectivity index (χ4v) is 2.15. The molecule has 0 saturated carbocycles. The molecule has 11 heteroatoms. The van der Waals surface area contributed by atoms with Gasteiger partial charge in [0.1, 0.15) is 5.60 Å². The van der Waals surface area contributed by atoms with Crippen molar-refractivity contribution in [1.29, 1.82) is 0 Å². The summed E-state index contributed by atoms with van der Waals surface area (Å²) in [5.74, 6) is -4.84. The van der Waals surface area contributed by atoms with E-state index in [0.717, 1.165) is 24.3 Å². The molecule has 0 aliphatic heterocycles. The zero-order valence-corrected chi connectivity index (χ0v) is 17.3. The number of hydrogen-bond acceptors (Lipinski definition) is 6. The average Bonchev–Trinajstić information content (AvgIpc) is 2.66. The molecule has 0 unspecified atom stereocenters. The van der Waals surface area contributed by atoms with E-state index in [2.05, 4.69) is 5.32 Å². The monoisotopic (exact) mass is 447 g/mol. The fraction of sp³-hybridized carbons (Fsp3) is 0.190. The van der Waals surface area contributed by atoms with E-state index < -0.39 is 35.6 Å². The molecule has 0 atom stereocenters. The van der Waals surface area contributed by atoms with Gasteiger partial charge in [-0.2, -0.15) is 0 Å². The predicted molar refractivity (Wildman–Crippen MR) is 111 cm³/mol. The van der Waals surface area contributed by atoms with Crippen LogP contribution in [0.15, 0.2) is 42.5 Å². The average molecular weight is 447 g/mol. The lowest BCUT2D eigenvalue weighted by Gasteiger charge is -2.19. The summed E-state index contributed by atoms with van der Waals surface area (Å²) in [7, 11) is 0. The zero-order valence-electron chi connectivity index (χ0n) is 17.3. The van der Waals surface area contributed by atoms with E-state index in [9.17, 15) is 24.0 Å². The lowest BCUT2D eigenvalue weighted by Crippen LogP contribution is -2.27. The van der Waals surface area contributed by atoms with E-state index in [1.165, 1.54) is 18.2 Å². The molecule has 170 valence electrons. The SMILES string of the molecule is CC(C)(C)OC(=O)Nc1cc(C(=O)O)cc(C(=O)O)c1.O=C(O)c1cccc(C(=O)O)c1. The number of carbonyl (C=O) groups is 5. The Morgan fingerprint density at radius 2 is 1.06 bits per heavy atom. The van der Waals surface area contributed by atoms with Crippen LogP contribution in [0.3, 0.4) is 0 Å². The molecule has 32 heavy (non-hydrogen) atoms. The van der Waals surface area contributed by atoms with Crippen LogP contribution in [0.1, 0.15) is 62.2 Å². The van der Waals surface area contributed by atoms with Gasteiger partial charge in [0.05, 0.1) is 22.3 Å². The van der Waals surface area contributed by atoms with Crippen LogP contribution in [-0.2, 0) is 4.74 Å². The van der Waals surface area contributed by atoms with Gasteiger partial charge in [0.2, 0.25) is 0 Å². The molecule has 0 bridgehead atoms. The van der Waals surface area contributed by atoms with Crippen LogP contribution < -0.4 is 5.32 Å². The van der Waals surface area contributed by atoms with E-state index in [1.54, 1.807) is 20.8 Å². The molecule has 0 spiro atoms. The second kappa shape index (κ2) is 10.6. The third-order valence-electron chi connectivity index (χ3n) is 3.43. The molecule has 0 heterocycles. The molecule has 11 nitrogen and oxygen atoms in total. The number of amides is 1. The number of carboxylic acids is 4. The van der Waals surface area contributed by atoms with Gasteiger partial charge in [-0.3, -0.25) is 5.32 Å². The number of hydrogen-bond donors (Lipinski definition) is 5. The highest BCUT2D eigenvalue weighted by molar-refractivity contribution is 5.97. The lowest BCUT2D eigenvalue weighted by atomic mass is 10.1. The number of benzene rings is 2. The predicted octanol–water partition coefficient (Wildman–Crippen LogP) is 3.51. The van der Waals surface area contributed by atoms with Gasteiger partial charge in [-0.15, -0.1) is 0 Å². The number of nitrogens with one attached hydrogen (secondary N) is 1. The molecule has 2 aromatic carbocycles. The maximum Gasteiger partial charge on any atom is 0.412 e. The van der Waals surface area contributed by atoms with Crippen molar-refractivity contribution in [3.63, 3.8) is 0 Å². The van der Waals surface area contributed by atoms with Crippen LogP contribution >= 0.6 is 0 Å². The second-order valence-electron chi connectivity index (χ2n) is 7.23. The van der Waals surface area contributed by atoms with Crippen LogP contribution in [0, 0.1) is 0 Å². The molecular formula is C21H21NO10. The van der Waals surface area contributed by atoms with Gasteiger partial charge >= 0.3 is 30.0 Å². The highest BCUT2D eigenvalue weighted by Crippen LogP contribution is 2.17. The number of rotatable bonds is 5. The maximum atomic E-state index is 11.6. The third-order valence-corrected chi connectivity index (χ3v) is 3.43. The Labute approximate surface area is 181 Å². The number of anilines is 1. The number of ether oxygens (including phenoxy) is 1. The van der Waals surface area contributed by atoms with Crippen LogP contribution in [0.5, 0.6) is 0 Å². The van der Waals surface area contributed by atoms with Crippen molar-refractivity contribution in [2.75, 3.05) is 5.32 Å². The summed E-state index contributed by atoms with van der Waals surface area (Å²) in [6.45, 7) is 5.01. The first-order chi connectivity index (χ1) is 14.7. The van der Waals surface area contributed by atoms with Gasteiger partial charge in [-0.25, -0.2) is 24.0 Å². The summed E-state index contributed by atoms with van der Waals surface area (Å²) in [6.07, 6.45) is -0.795. The summed E-state index contributed by atoms with van der Waals surface area (Å²) < 4.78 is 5.00. The molecule has 0 fully saturated rings. The Balaban J connectivity index is 0.000000363. The zero-order chi connectivity index (χ0) is 24.6. The lowest BCUT2D eigenvalue weighted by molar-refractivity contribution is 0.0628. The van der Waals surface area contributed by atoms with E-state index in [1.807, 2.05) is 0 Å².